The van der Waals surface area contributed by atoms with Crippen molar-refractivity contribution in [2.24, 2.45) is 4.99 Å². The van der Waals surface area contributed by atoms with Crippen LogP contribution in [-0.2, 0) is 19.5 Å². The minimum absolute atomic E-state index is 0.342. The van der Waals surface area contributed by atoms with Crippen LogP contribution in [0.25, 0.3) is 0 Å². The van der Waals surface area contributed by atoms with E-state index in [1.165, 1.54) is 19.3 Å². The molecule has 1 aromatic carbocycles. The fraction of sp³-hybridized carbons (Fsp3) is 0.571. The van der Waals surface area contributed by atoms with Crippen LogP contribution in [0.15, 0.2) is 29.3 Å². The molecule has 2 N–H and O–H groups in total. The number of guanidine groups is 1. The molecule has 4 rings (SSSR count). The van der Waals surface area contributed by atoms with Gasteiger partial charge in [-0.25, -0.2) is 4.99 Å². The molecule has 156 valence electrons. The molecule has 8 heteroatoms. The zero-order chi connectivity index (χ0) is 20.1. The van der Waals surface area contributed by atoms with Gasteiger partial charge in [0.25, 0.3) is 0 Å². The molecule has 1 aromatic heterocycles. The van der Waals surface area contributed by atoms with E-state index in [1.807, 2.05) is 18.2 Å². The van der Waals surface area contributed by atoms with E-state index >= 15 is 0 Å². The van der Waals surface area contributed by atoms with Crippen LogP contribution >= 0.6 is 0 Å². The lowest BCUT2D eigenvalue weighted by Crippen LogP contribution is -2.52. The fourth-order valence-electron chi connectivity index (χ4n) is 4.12. The van der Waals surface area contributed by atoms with E-state index in [9.17, 15) is 5.11 Å². The standard InChI is InChI=1S/C21H31N7O/c1-2-22-21(23-16-20-25-24-19-10-4-3-7-11-28(19)20)27-14-12-26(13-15-27)17-8-5-6-9-18(17)29/h5-6,8-9,29H,2-4,7,10-16H2,1H3,(H,22,23). The molecule has 1 fully saturated rings. The van der Waals surface area contributed by atoms with Crippen LogP contribution in [0.2, 0.25) is 0 Å². The number of aromatic hydroxyl groups is 1. The zero-order valence-electron chi connectivity index (χ0n) is 17.2. The highest BCUT2D eigenvalue weighted by atomic mass is 16.3. The number of para-hydroxylation sites is 2. The van der Waals surface area contributed by atoms with E-state index in [-0.39, 0.29) is 0 Å². The quantitative estimate of drug-likeness (QED) is 0.607. The number of fused-ring (bicyclic) bond motifs is 1. The summed E-state index contributed by atoms with van der Waals surface area (Å²) in [6, 6.07) is 7.54. The molecule has 0 amide bonds. The molecule has 0 saturated carbocycles. The third-order valence-electron chi connectivity index (χ3n) is 5.69. The molecule has 2 aliphatic heterocycles. The second-order valence-corrected chi connectivity index (χ2v) is 7.63. The van der Waals surface area contributed by atoms with Gasteiger partial charge in [0.15, 0.2) is 11.8 Å². The molecule has 0 aliphatic carbocycles. The number of phenolic OH excluding ortho intramolecular Hbond substituents is 1. The Hall–Kier alpha value is -2.77. The van der Waals surface area contributed by atoms with Crippen LogP contribution in [0.4, 0.5) is 5.69 Å². The molecule has 0 unspecified atom stereocenters. The molecule has 1 saturated heterocycles. The van der Waals surface area contributed by atoms with Crippen molar-refractivity contribution in [3.63, 3.8) is 0 Å². The molecular weight excluding hydrogens is 366 g/mol. The maximum Gasteiger partial charge on any atom is 0.194 e. The Bertz CT molecular complexity index is 839. The number of nitrogens with zero attached hydrogens (tertiary/aromatic N) is 6. The summed E-state index contributed by atoms with van der Waals surface area (Å²) in [5.74, 6) is 3.34. The summed E-state index contributed by atoms with van der Waals surface area (Å²) >= 11 is 0. The normalized spacial score (nSPS) is 17.8. The van der Waals surface area contributed by atoms with Gasteiger partial charge in [-0.2, -0.15) is 0 Å². The maximum absolute atomic E-state index is 10.1. The van der Waals surface area contributed by atoms with Gasteiger partial charge in [-0.15, -0.1) is 10.2 Å². The van der Waals surface area contributed by atoms with Gasteiger partial charge in [-0.1, -0.05) is 18.6 Å². The van der Waals surface area contributed by atoms with E-state index in [2.05, 4.69) is 36.8 Å². The van der Waals surface area contributed by atoms with Crippen molar-refractivity contribution in [3.05, 3.63) is 35.9 Å². The van der Waals surface area contributed by atoms with E-state index < -0.39 is 0 Å². The first-order valence-corrected chi connectivity index (χ1v) is 10.7. The average molecular weight is 398 g/mol. The van der Waals surface area contributed by atoms with E-state index in [0.29, 0.717) is 12.3 Å². The third kappa shape index (κ3) is 4.46. The number of aliphatic imine (C=N–C) groups is 1. The van der Waals surface area contributed by atoms with Crippen molar-refractivity contribution in [3.8, 4) is 5.75 Å². The topological polar surface area (TPSA) is 81.8 Å². The van der Waals surface area contributed by atoms with E-state index in [1.54, 1.807) is 6.07 Å². The molecule has 2 aromatic rings. The first-order valence-electron chi connectivity index (χ1n) is 10.7. The third-order valence-corrected chi connectivity index (χ3v) is 5.69. The van der Waals surface area contributed by atoms with Crippen LogP contribution in [-0.4, -0.2) is 63.5 Å². The van der Waals surface area contributed by atoms with Crippen molar-refractivity contribution in [2.45, 2.75) is 45.7 Å². The van der Waals surface area contributed by atoms with Gasteiger partial charge in [0.05, 0.1) is 5.69 Å². The molecule has 0 atom stereocenters. The van der Waals surface area contributed by atoms with Crippen molar-refractivity contribution >= 4 is 11.6 Å². The Balaban J connectivity index is 1.42. The van der Waals surface area contributed by atoms with Crippen LogP contribution in [0.1, 0.15) is 37.8 Å². The second kappa shape index (κ2) is 9.15. The summed E-state index contributed by atoms with van der Waals surface area (Å²) in [6.07, 6.45) is 4.67. The number of benzene rings is 1. The largest absolute Gasteiger partial charge is 0.506 e. The minimum atomic E-state index is 0.342. The number of hydrogen-bond acceptors (Lipinski definition) is 5. The van der Waals surface area contributed by atoms with Crippen molar-refractivity contribution in [1.82, 2.24) is 25.0 Å². The number of rotatable bonds is 4. The number of nitrogens with one attached hydrogen (secondary N) is 1. The number of phenols is 1. The summed E-state index contributed by atoms with van der Waals surface area (Å²) in [4.78, 5) is 9.40. The number of aromatic nitrogens is 3. The second-order valence-electron chi connectivity index (χ2n) is 7.63. The summed E-state index contributed by atoms with van der Waals surface area (Å²) < 4.78 is 2.26. The number of piperazine rings is 1. The Labute approximate surface area is 172 Å². The van der Waals surface area contributed by atoms with Gasteiger partial charge >= 0.3 is 0 Å². The lowest BCUT2D eigenvalue weighted by atomic mass is 10.2. The highest BCUT2D eigenvalue weighted by molar-refractivity contribution is 5.80. The Morgan fingerprint density at radius 1 is 1.07 bits per heavy atom. The van der Waals surface area contributed by atoms with Gasteiger partial charge in [0.1, 0.15) is 18.1 Å². The number of aryl methyl sites for hydroxylation is 1. The maximum atomic E-state index is 10.1. The summed E-state index contributed by atoms with van der Waals surface area (Å²) in [6.45, 7) is 7.90. The SMILES string of the molecule is CCNC(=NCc1nnc2n1CCCCC2)N1CCN(c2ccccc2O)CC1. The van der Waals surface area contributed by atoms with Gasteiger partial charge in [0.2, 0.25) is 0 Å². The van der Waals surface area contributed by atoms with Gasteiger partial charge in [-0.05, 0) is 31.9 Å². The zero-order valence-corrected chi connectivity index (χ0v) is 17.2. The lowest BCUT2D eigenvalue weighted by Gasteiger charge is -2.37. The van der Waals surface area contributed by atoms with Crippen LogP contribution in [0, 0.1) is 0 Å². The summed E-state index contributed by atoms with van der Waals surface area (Å²) in [7, 11) is 0. The molecule has 0 bridgehead atoms. The smallest absolute Gasteiger partial charge is 0.194 e. The van der Waals surface area contributed by atoms with Crippen molar-refractivity contribution in [1.29, 1.82) is 0 Å². The molecule has 29 heavy (non-hydrogen) atoms. The lowest BCUT2D eigenvalue weighted by molar-refractivity contribution is 0.369. The predicted octanol–water partition coefficient (Wildman–Crippen LogP) is 2.00. The average Bonchev–Trinajstić information content (AvgIpc) is 2.98. The molecule has 3 heterocycles. The molecule has 2 aliphatic rings. The van der Waals surface area contributed by atoms with Gasteiger partial charge in [0, 0.05) is 45.7 Å². The van der Waals surface area contributed by atoms with Crippen LogP contribution < -0.4 is 10.2 Å². The fourth-order valence-corrected chi connectivity index (χ4v) is 4.12. The van der Waals surface area contributed by atoms with Gasteiger partial charge in [-0.3, -0.25) is 0 Å². The predicted molar refractivity (Wildman–Crippen MR) is 114 cm³/mol. The summed E-state index contributed by atoms with van der Waals surface area (Å²) in [5, 5.41) is 22.3. The molecular formula is C21H31N7O. The van der Waals surface area contributed by atoms with E-state index in [0.717, 1.165) is 69.0 Å². The highest BCUT2D eigenvalue weighted by Gasteiger charge is 2.22. The van der Waals surface area contributed by atoms with Crippen LogP contribution in [0.5, 0.6) is 5.75 Å². The molecule has 8 nitrogen and oxygen atoms in total. The molecule has 0 spiro atoms. The van der Waals surface area contributed by atoms with Crippen LogP contribution in [0.3, 0.4) is 0 Å². The van der Waals surface area contributed by atoms with Gasteiger partial charge < -0.3 is 24.8 Å². The first kappa shape index (κ1) is 19.5. The Morgan fingerprint density at radius 3 is 2.69 bits per heavy atom. The first-order chi connectivity index (χ1) is 14.3. The number of anilines is 1. The highest BCUT2D eigenvalue weighted by Crippen LogP contribution is 2.27. The monoisotopic (exact) mass is 397 g/mol. The minimum Gasteiger partial charge on any atom is -0.506 e. The molecule has 0 radical (unpaired) electrons. The van der Waals surface area contributed by atoms with Crippen molar-refractivity contribution in [2.75, 3.05) is 37.6 Å². The Kier molecular flexibility index (Phi) is 6.17. The summed E-state index contributed by atoms with van der Waals surface area (Å²) in [5.41, 5.74) is 0.903. The Morgan fingerprint density at radius 2 is 1.90 bits per heavy atom. The van der Waals surface area contributed by atoms with Crippen molar-refractivity contribution < 1.29 is 5.11 Å². The number of hydrogen-bond donors (Lipinski definition) is 2. The van der Waals surface area contributed by atoms with E-state index in [4.69, 9.17) is 4.99 Å².